The average molecular weight is 270 g/mol. The molecule has 2 heterocycles. The van der Waals surface area contributed by atoms with Crippen molar-refractivity contribution in [3.8, 4) is 0 Å². The number of sulfone groups is 1. The van der Waals surface area contributed by atoms with Crippen molar-refractivity contribution in [1.29, 1.82) is 0 Å². The summed E-state index contributed by atoms with van der Waals surface area (Å²) in [5.41, 5.74) is 1.44. The van der Waals surface area contributed by atoms with Crippen molar-refractivity contribution < 1.29 is 8.42 Å². The quantitative estimate of drug-likeness (QED) is 0.786. The van der Waals surface area contributed by atoms with E-state index in [1.54, 1.807) is 12.1 Å². The lowest BCUT2D eigenvalue weighted by atomic mass is 10.1. The zero-order valence-corrected chi connectivity index (χ0v) is 10.8. The fourth-order valence-corrected chi connectivity index (χ4v) is 4.33. The van der Waals surface area contributed by atoms with Gasteiger partial charge in [-0.15, -0.1) is 0 Å². The van der Waals surface area contributed by atoms with E-state index < -0.39 is 9.84 Å². The molecule has 0 N–H and O–H groups in total. The number of halogens is 1. The molecule has 0 unspecified atom stereocenters. The fraction of sp³-hybridized carbons (Fsp3) is 0.333. The number of likely N-dealkylation sites (tertiary alicyclic amines) is 1. The number of fused-ring (bicyclic) bond motifs is 1. The average Bonchev–Trinajstić information content (AvgIpc) is 2.88. The van der Waals surface area contributed by atoms with E-state index in [1.165, 1.54) is 0 Å². The Hall–Kier alpha value is -1.00. The molecule has 0 aliphatic carbocycles. The highest BCUT2D eigenvalue weighted by molar-refractivity contribution is 7.97. The SMILES string of the molecule is O=S1(=O)C(Cl)=C(N2CCCC2)c2ccccc21. The van der Waals surface area contributed by atoms with Crippen molar-refractivity contribution in [2.24, 2.45) is 0 Å². The first kappa shape index (κ1) is 11.1. The summed E-state index contributed by atoms with van der Waals surface area (Å²) in [6, 6.07) is 7.03. The highest BCUT2D eigenvalue weighted by atomic mass is 35.5. The predicted molar refractivity (Wildman–Crippen MR) is 67.2 cm³/mol. The van der Waals surface area contributed by atoms with Crippen LogP contribution in [0.25, 0.3) is 5.70 Å². The Labute approximate surface area is 106 Å². The van der Waals surface area contributed by atoms with Gasteiger partial charge in [-0.2, -0.15) is 0 Å². The summed E-state index contributed by atoms with van der Waals surface area (Å²) in [6.45, 7) is 1.77. The molecule has 3 rings (SSSR count). The fourth-order valence-electron chi connectivity index (χ4n) is 2.46. The Morgan fingerprint density at radius 1 is 1.12 bits per heavy atom. The minimum atomic E-state index is -3.47. The van der Waals surface area contributed by atoms with Gasteiger partial charge in [0, 0.05) is 18.7 Å². The highest BCUT2D eigenvalue weighted by Gasteiger charge is 2.37. The van der Waals surface area contributed by atoms with E-state index in [0.717, 1.165) is 31.5 Å². The van der Waals surface area contributed by atoms with Crippen LogP contribution in [0.3, 0.4) is 0 Å². The topological polar surface area (TPSA) is 37.4 Å². The van der Waals surface area contributed by atoms with E-state index in [4.69, 9.17) is 11.6 Å². The lowest BCUT2D eigenvalue weighted by Crippen LogP contribution is -2.17. The molecule has 1 aromatic carbocycles. The first-order valence-corrected chi connectivity index (χ1v) is 7.48. The Morgan fingerprint density at radius 3 is 2.47 bits per heavy atom. The molecule has 1 fully saturated rings. The Balaban J connectivity index is 2.23. The third kappa shape index (κ3) is 1.51. The number of benzene rings is 1. The maximum Gasteiger partial charge on any atom is 0.220 e. The van der Waals surface area contributed by atoms with Gasteiger partial charge in [-0.05, 0) is 18.9 Å². The third-order valence-electron chi connectivity index (χ3n) is 3.28. The number of rotatable bonds is 1. The van der Waals surface area contributed by atoms with Gasteiger partial charge < -0.3 is 4.90 Å². The van der Waals surface area contributed by atoms with Gasteiger partial charge in [0.1, 0.15) is 0 Å². The van der Waals surface area contributed by atoms with Crippen LogP contribution in [0.1, 0.15) is 18.4 Å². The van der Waals surface area contributed by atoms with Gasteiger partial charge in [-0.1, -0.05) is 29.8 Å². The molecule has 0 atom stereocenters. The minimum Gasteiger partial charge on any atom is -0.369 e. The van der Waals surface area contributed by atoms with Gasteiger partial charge in [0.15, 0.2) is 4.36 Å². The predicted octanol–water partition coefficient (Wildman–Crippen LogP) is 2.43. The van der Waals surface area contributed by atoms with E-state index >= 15 is 0 Å². The van der Waals surface area contributed by atoms with Crippen LogP contribution < -0.4 is 0 Å². The van der Waals surface area contributed by atoms with Crippen molar-refractivity contribution in [1.82, 2.24) is 4.90 Å². The van der Waals surface area contributed by atoms with Gasteiger partial charge in [0.05, 0.1) is 10.6 Å². The van der Waals surface area contributed by atoms with Crippen molar-refractivity contribution >= 4 is 27.1 Å². The van der Waals surface area contributed by atoms with Crippen molar-refractivity contribution in [2.75, 3.05) is 13.1 Å². The largest absolute Gasteiger partial charge is 0.369 e. The van der Waals surface area contributed by atoms with E-state index in [-0.39, 0.29) is 4.36 Å². The molecule has 0 bridgehead atoms. The summed E-state index contributed by atoms with van der Waals surface area (Å²) in [7, 11) is -3.47. The molecule has 0 spiro atoms. The molecule has 17 heavy (non-hydrogen) atoms. The smallest absolute Gasteiger partial charge is 0.220 e. The zero-order chi connectivity index (χ0) is 12.0. The van der Waals surface area contributed by atoms with Crippen LogP contribution in [0.15, 0.2) is 33.5 Å². The molecule has 5 heteroatoms. The van der Waals surface area contributed by atoms with Crippen LogP contribution in [0.2, 0.25) is 0 Å². The second kappa shape index (κ2) is 3.75. The van der Waals surface area contributed by atoms with Crippen LogP contribution in [0, 0.1) is 0 Å². The summed E-state index contributed by atoms with van der Waals surface area (Å²) >= 11 is 6.07. The highest BCUT2D eigenvalue weighted by Crippen LogP contribution is 2.43. The van der Waals surface area contributed by atoms with Crippen LogP contribution >= 0.6 is 11.6 Å². The van der Waals surface area contributed by atoms with Crippen LogP contribution in [0.5, 0.6) is 0 Å². The van der Waals surface area contributed by atoms with Crippen molar-refractivity contribution in [3.05, 3.63) is 34.2 Å². The molecule has 0 saturated carbocycles. The van der Waals surface area contributed by atoms with E-state index in [9.17, 15) is 8.42 Å². The lowest BCUT2D eigenvalue weighted by Gasteiger charge is -2.19. The monoisotopic (exact) mass is 269 g/mol. The van der Waals surface area contributed by atoms with E-state index in [2.05, 4.69) is 4.90 Å². The van der Waals surface area contributed by atoms with Gasteiger partial charge in [0.2, 0.25) is 9.84 Å². The number of nitrogens with zero attached hydrogens (tertiary/aromatic N) is 1. The summed E-state index contributed by atoms with van der Waals surface area (Å²) in [4.78, 5) is 2.41. The van der Waals surface area contributed by atoms with Crippen LogP contribution in [-0.4, -0.2) is 26.4 Å². The van der Waals surface area contributed by atoms with Crippen LogP contribution in [0.4, 0.5) is 0 Å². The maximum absolute atomic E-state index is 12.1. The van der Waals surface area contributed by atoms with E-state index in [1.807, 2.05) is 12.1 Å². The van der Waals surface area contributed by atoms with Crippen molar-refractivity contribution in [3.63, 3.8) is 0 Å². The van der Waals surface area contributed by atoms with E-state index in [0.29, 0.717) is 10.6 Å². The van der Waals surface area contributed by atoms with Gasteiger partial charge in [0.25, 0.3) is 0 Å². The first-order valence-electron chi connectivity index (χ1n) is 5.61. The summed E-state index contributed by atoms with van der Waals surface area (Å²) < 4.78 is 24.3. The molecule has 0 aromatic heterocycles. The molecule has 2 aliphatic rings. The summed E-state index contributed by atoms with van der Waals surface area (Å²) in [5, 5.41) is 0. The second-order valence-electron chi connectivity index (χ2n) is 4.32. The molecule has 0 radical (unpaired) electrons. The molecule has 1 saturated heterocycles. The molecule has 1 aromatic rings. The molecule has 3 nitrogen and oxygen atoms in total. The number of hydrogen-bond donors (Lipinski definition) is 0. The Bertz CT molecular complexity index is 601. The van der Waals surface area contributed by atoms with Crippen LogP contribution in [-0.2, 0) is 9.84 Å². The molecular weight excluding hydrogens is 258 g/mol. The molecule has 0 amide bonds. The maximum atomic E-state index is 12.1. The first-order chi connectivity index (χ1) is 8.12. The molecular formula is C12H12ClNO2S. The second-order valence-corrected chi connectivity index (χ2v) is 6.77. The summed E-state index contributed by atoms with van der Waals surface area (Å²) in [6.07, 6.45) is 2.19. The number of hydrogen-bond acceptors (Lipinski definition) is 3. The third-order valence-corrected chi connectivity index (χ3v) is 5.66. The molecule has 90 valence electrons. The standard InChI is InChI=1S/C12H12ClNO2S/c13-12-11(14-7-3-4-8-14)9-5-1-2-6-10(9)17(12,15)16/h1-2,5-6H,3-4,7-8H2. The van der Waals surface area contributed by atoms with Gasteiger partial charge in [-0.3, -0.25) is 0 Å². The summed E-state index contributed by atoms with van der Waals surface area (Å²) in [5.74, 6) is 0. The lowest BCUT2D eigenvalue weighted by molar-refractivity contribution is 0.493. The normalized spacial score (nSPS) is 22.1. The van der Waals surface area contributed by atoms with Gasteiger partial charge >= 0.3 is 0 Å². The van der Waals surface area contributed by atoms with Gasteiger partial charge in [-0.25, -0.2) is 8.42 Å². The zero-order valence-electron chi connectivity index (χ0n) is 9.19. The minimum absolute atomic E-state index is 0.0133. The van der Waals surface area contributed by atoms with Crippen molar-refractivity contribution in [2.45, 2.75) is 17.7 Å². The molecule has 2 aliphatic heterocycles. The Kier molecular flexibility index (Phi) is 2.45. The Morgan fingerprint density at radius 2 is 1.76 bits per heavy atom.